The van der Waals surface area contributed by atoms with E-state index in [9.17, 15) is 0 Å². The van der Waals surface area contributed by atoms with Crippen molar-refractivity contribution in [1.82, 2.24) is 5.32 Å². The highest BCUT2D eigenvalue weighted by atomic mass is 14.9. The molecule has 0 aliphatic heterocycles. The van der Waals surface area contributed by atoms with Gasteiger partial charge in [0.1, 0.15) is 0 Å². The maximum atomic E-state index is 4.86. The third kappa shape index (κ3) is 3.85. The molecule has 1 radical (unpaired) electrons. The zero-order valence-electron chi connectivity index (χ0n) is 14.1. The van der Waals surface area contributed by atoms with E-state index in [4.69, 9.17) is 5.32 Å². The lowest BCUT2D eigenvalue weighted by atomic mass is 10.0. The van der Waals surface area contributed by atoms with Gasteiger partial charge in [-0.3, -0.25) is 5.32 Å². The Labute approximate surface area is 139 Å². The second-order valence-electron chi connectivity index (χ2n) is 6.31. The second-order valence-corrected chi connectivity index (χ2v) is 6.31. The van der Waals surface area contributed by atoms with Gasteiger partial charge in [0.25, 0.3) is 0 Å². The van der Waals surface area contributed by atoms with Gasteiger partial charge in [0, 0.05) is 11.9 Å². The van der Waals surface area contributed by atoms with E-state index < -0.39 is 0 Å². The molecule has 119 valence electrons. The summed E-state index contributed by atoms with van der Waals surface area (Å²) in [5, 5.41) is 10.1. The van der Waals surface area contributed by atoms with Gasteiger partial charge in [0.2, 0.25) is 0 Å². The van der Waals surface area contributed by atoms with Gasteiger partial charge in [-0.15, -0.1) is 0 Å². The van der Waals surface area contributed by atoms with Crippen LogP contribution in [0.15, 0.2) is 54.6 Å². The van der Waals surface area contributed by atoms with Gasteiger partial charge < -0.3 is 0 Å². The summed E-state index contributed by atoms with van der Waals surface area (Å²) in [4.78, 5) is 0. The van der Waals surface area contributed by atoms with Gasteiger partial charge in [0.15, 0.2) is 0 Å². The number of hydrogen-bond donors (Lipinski definition) is 0. The van der Waals surface area contributed by atoms with E-state index in [1.54, 1.807) is 0 Å². The highest BCUT2D eigenvalue weighted by Crippen LogP contribution is 2.30. The molecule has 0 amide bonds. The Morgan fingerprint density at radius 1 is 0.652 bits per heavy atom. The van der Waals surface area contributed by atoms with Crippen LogP contribution in [0, 0.1) is 0 Å². The summed E-state index contributed by atoms with van der Waals surface area (Å²) in [5.41, 5.74) is 1.14. The molecule has 0 unspecified atom stereocenters. The molecule has 0 aromatic heterocycles. The average Bonchev–Trinajstić information content (AvgIpc) is 2.61. The van der Waals surface area contributed by atoms with Gasteiger partial charge in [-0.2, -0.15) is 0 Å². The molecule has 0 saturated heterocycles. The van der Waals surface area contributed by atoms with E-state index in [0.717, 1.165) is 12.2 Å². The summed E-state index contributed by atoms with van der Waals surface area (Å²) in [7, 11) is 0. The zero-order valence-corrected chi connectivity index (χ0v) is 14.1. The number of fused-ring (bicyclic) bond motifs is 3. The third-order valence-corrected chi connectivity index (χ3v) is 4.56. The minimum absolute atomic E-state index is 0.943. The molecule has 0 aliphatic rings. The van der Waals surface area contributed by atoms with Crippen LogP contribution in [-0.2, 0) is 0 Å². The summed E-state index contributed by atoms with van der Waals surface area (Å²) in [6.45, 7) is 3.21. The minimum Gasteiger partial charge on any atom is -0.285 e. The second kappa shape index (κ2) is 8.01. The predicted octanol–water partition coefficient (Wildman–Crippen LogP) is 6.59. The molecule has 0 heterocycles. The van der Waals surface area contributed by atoms with Gasteiger partial charge in [-0.05, 0) is 28.6 Å². The first-order valence-electron chi connectivity index (χ1n) is 8.98. The monoisotopic (exact) mass is 304 g/mol. The Bertz CT molecular complexity index is 760. The summed E-state index contributed by atoms with van der Waals surface area (Å²) in [5.74, 6) is 0. The Morgan fingerprint density at radius 2 is 1.43 bits per heavy atom. The third-order valence-electron chi connectivity index (χ3n) is 4.56. The molecule has 1 heteroatoms. The maximum Gasteiger partial charge on any atom is 0.0652 e. The molecule has 0 saturated carbocycles. The van der Waals surface area contributed by atoms with E-state index in [1.807, 2.05) is 0 Å². The highest BCUT2D eigenvalue weighted by molar-refractivity contribution is 6.10. The normalized spacial score (nSPS) is 11.2. The number of hydrogen-bond acceptors (Lipinski definition) is 0. The topological polar surface area (TPSA) is 14.1 Å². The molecule has 0 spiro atoms. The highest BCUT2D eigenvalue weighted by Gasteiger charge is 2.05. The molecule has 0 atom stereocenters. The summed E-state index contributed by atoms with van der Waals surface area (Å²) >= 11 is 0. The first-order chi connectivity index (χ1) is 11.4. The fourth-order valence-electron chi connectivity index (χ4n) is 3.25. The predicted molar refractivity (Wildman–Crippen MR) is 101 cm³/mol. The van der Waals surface area contributed by atoms with E-state index in [0.29, 0.717) is 0 Å². The standard InChI is InChI=1S/C22H26N/c1-2-3-4-5-6-9-17-23-22-14-10-13-20-19-12-8-7-11-18(19)15-16-21(20)22/h7-8,10-16H,2-6,9,17H2,1H3. The van der Waals surface area contributed by atoms with Gasteiger partial charge in [-0.1, -0.05) is 87.6 Å². The zero-order chi connectivity index (χ0) is 15.9. The van der Waals surface area contributed by atoms with Crippen LogP contribution in [0.5, 0.6) is 0 Å². The van der Waals surface area contributed by atoms with Crippen LogP contribution in [-0.4, -0.2) is 6.54 Å². The van der Waals surface area contributed by atoms with Crippen molar-refractivity contribution in [2.75, 3.05) is 6.54 Å². The number of rotatable bonds is 8. The van der Waals surface area contributed by atoms with Crippen molar-refractivity contribution >= 4 is 27.2 Å². The lowest BCUT2D eigenvalue weighted by molar-refractivity contribution is 0.598. The Kier molecular flexibility index (Phi) is 5.52. The van der Waals surface area contributed by atoms with Crippen molar-refractivity contribution < 1.29 is 0 Å². The Balaban J connectivity index is 1.68. The van der Waals surface area contributed by atoms with Crippen LogP contribution >= 0.6 is 0 Å². The van der Waals surface area contributed by atoms with Crippen LogP contribution in [0.25, 0.3) is 21.5 Å². The Morgan fingerprint density at radius 3 is 2.35 bits per heavy atom. The first kappa shape index (κ1) is 15.9. The molecule has 0 fully saturated rings. The molecule has 0 aliphatic carbocycles. The Hall–Kier alpha value is -2.02. The van der Waals surface area contributed by atoms with E-state index in [2.05, 4.69) is 61.5 Å². The van der Waals surface area contributed by atoms with Crippen molar-refractivity contribution in [1.29, 1.82) is 0 Å². The van der Waals surface area contributed by atoms with Crippen molar-refractivity contribution in [2.45, 2.75) is 45.4 Å². The number of unbranched alkanes of at least 4 members (excludes halogenated alkanes) is 5. The quantitative estimate of drug-likeness (QED) is 0.329. The lowest BCUT2D eigenvalue weighted by Crippen LogP contribution is -2.00. The summed E-state index contributed by atoms with van der Waals surface area (Å²) in [6.07, 6.45) is 7.91. The average molecular weight is 304 g/mol. The van der Waals surface area contributed by atoms with Crippen molar-refractivity contribution in [3.63, 3.8) is 0 Å². The molecular formula is C22H26N. The van der Waals surface area contributed by atoms with Crippen LogP contribution < -0.4 is 5.32 Å². The van der Waals surface area contributed by atoms with Gasteiger partial charge in [0.05, 0.1) is 5.69 Å². The summed E-state index contributed by atoms with van der Waals surface area (Å²) in [6, 6.07) is 19.5. The fourth-order valence-corrected chi connectivity index (χ4v) is 3.25. The maximum absolute atomic E-state index is 4.86. The molecule has 1 nitrogen and oxygen atoms in total. The van der Waals surface area contributed by atoms with Crippen LogP contribution in [0.3, 0.4) is 0 Å². The molecule has 3 rings (SSSR count). The smallest absolute Gasteiger partial charge is 0.0652 e. The molecular weight excluding hydrogens is 278 g/mol. The number of nitrogens with zero attached hydrogens (tertiary/aromatic N) is 1. The van der Waals surface area contributed by atoms with Crippen molar-refractivity contribution in [2.24, 2.45) is 0 Å². The van der Waals surface area contributed by atoms with Crippen LogP contribution in [0.4, 0.5) is 5.69 Å². The van der Waals surface area contributed by atoms with Crippen LogP contribution in [0.1, 0.15) is 45.4 Å². The van der Waals surface area contributed by atoms with Crippen molar-refractivity contribution in [3.8, 4) is 0 Å². The lowest BCUT2D eigenvalue weighted by Gasteiger charge is -2.09. The molecule has 3 aromatic rings. The van der Waals surface area contributed by atoms with E-state index in [-0.39, 0.29) is 0 Å². The largest absolute Gasteiger partial charge is 0.285 e. The first-order valence-corrected chi connectivity index (χ1v) is 8.98. The van der Waals surface area contributed by atoms with Gasteiger partial charge >= 0.3 is 0 Å². The molecule has 0 N–H and O–H groups in total. The number of benzene rings is 3. The minimum atomic E-state index is 0.943. The van der Waals surface area contributed by atoms with Gasteiger partial charge in [-0.25, -0.2) is 0 Å². The van der Waals surface area contributed by atoms with Crippen LogP contribution in [0.2, 0.25) is 0 Å². The molecule has 3 aromatic carbocycles. The van der Waals surface area contributed by atoms with Crippen molar-refractivity contribution in [3.05, 3.63) is 54.6 Å². The summed E-state index contributed by atoms with van der Waals surface area (Å²) < 4.78 is 0. The van der Waals surface area contributed by atoms with E-state index >= 15 is 0 Å². The molecule has 0 bridgehead atoms. The van der Waals surface area contributed by atoms with E-state index in [1.165, 1.54) is 60.1 Å². The fraction of sp³-hybridized carbons (Fsp3) is 0.364. The molecule has 23 heavy (non-hydrogen) atoms. The SMILES string of the molecule is CCCCCCCC[N]c1cccc2c1ccc1ccccc12.